The molecule has 0 aliphatic carbocycles. The summed E-state index contributed by atoms with van der Waals surface area (Å²) in [5.74, 6) is 0.230. The van der Waals surface area contributed by atoms with Crippen molar-refractivity contribution in [3.05, 3.63) is 54.4 Å². The predicted molar refractivity (Wildman–Crippen MR) is 107 cm³/mol. The number of nitrogens with zero attached hydrogens (tertiary/aromatic N) is 3. The van der Waals surface area contributed by atoms with Crippen LogP contribution in [0.25, 0.3) is 11.3 Å². The number of aliphatic hydroxyl groups is 1. The first kappa shape index (κ1) is 21.3. The minimum Gasteiger partial charge on any atom is -0.496 e. The van der Waals surface area contributed by atoms with E-state index < -0.39 is 11.7 Å². The zero-order chi connectivity index (χ0) is 21.7. The fourth-order valence-electron chi connectivity index (χ4n) is 2.67. The molecule has 3 N–H and O–H groups in total. The van der Waals surface area contributed by atoms with E-state index in [4.69, 9.17) is 4.74 Å². The van der Waals surface area contributed by atoms with E-state index >= 15 is 0 Å². The van der Waals surface area contributed by atoms with Crippen molar-refractivity contribution in [1.82, 2.24) is 15.0 Å². The lowest BCUT2D eigenvalue weighted by Gasteiger charge is -2.16. The molecule has 1 atom stereocenters. The zero-order valence-corrected chi connectivity index (χ0v) is 16.2. The van der Waals surface area contributed by atoms with Crippen LogP contribution in [0.1, 0.15) is 12.5 Å². The van der Waals surface area contributed by atoms with E-state index in [1.807, 2.05) is 0 Å². The molecule has 3 aromatic rings. The highest BCUT2D eigenvalue weighted by molar-refractivity contribution is 5.68. The van der Waals surface area contributed by atoms with Gasteiger partial charge in [0.25, 0.3) is 0 Å². The van der Waals surface area contributed by atoms with Crippen molar-refractivity contribution in [2.45, 2.75) is 19.1 Å². The molecular formula is C20H20F3N5O2. The number of aliphatic hydroxyl groups excluding tert-OH is 1. The Hall–Kier alpha value is -3.40. The summed E-state index contributed by atoms with van der Waals surface area (Å²) in [5.41, 5.74) is 0.572. The van der Waals surface area contributed by atoms with Crippen molar-refractivity contribution in [1.29, 1.82) is 0 Å². The average Bonchev–Trinajstić information content (AvgIpc) is 2.73. The quantitative estimate of drug-likeness (QED) is 0.531. The second-order valence-corrected chi connectivity index (χ2v) is 6.46. The molecule has 0 radical (unpaired) electrons. The lowest BCUT2D eigenvalue weighted by atomic mass is 10.1. The third-order valence-electron chi connectivity index (χ3n) is 4.13. The van der Waals surface area contributed by atoms with Crippen LogP contribution in [0.4, 0.5) is 30.6 Å². The van der Waals surface area contributed by atoms with Crippen molar-refractivity contribution in [3.63, 3.8) is 0 Å². The maximum atomic E-state index is 13.3. The Morgan fingerprint density at radius 1 is 1.10 bits per heavy atom. The first-order valence-electron chi connectivity index (χ1n) is 8.99. The summed E-state index contributed by atoms with van der Waals surface area (Å²) in [6.45, 7) is 1.60. The summed E-state index contributed by atoms with van der Waals surface area (Å²) >= 11 is 0. The number of benzene rings is 1. The molecule has 2 heterocycles. The van der Waals surface area contributed by atoms with Crippen molar-refractivity contribution in [3.8, 4) is 17.0 Å². The molecule has 0 amide bonds. The van der Waals surface area contributed by atoms with E-state index in [1.165, 1.54) is 19.2 Å². The molecule has 10 heteroatoms. The SMILES string of the molecule is COc1ccc(Nc2cc(-c3ccncc3)nc(N[C@@H](C)CO)n2)cc1C(F)(F)F. The molecule has 0 aliphatic rings. The number of methoxy groups -OCH3 is 1. The molecule has 0 fully saturated rings. The lowest BCUT2D eigenvalue weighted by Crippen LogP contribution is -2.21. The molecule has 1 aromatic carbocycles. The van der Waals surface area contributed by atoms with E-state index in [0.717, 1.165) is 11.6 Å². The van der Waals surface area contributed by atoms with Crippen LogP contribution in [-0.4, -0.2) is 39.8 Å². The Balaban J connectivity index is 2.00. The first-order chi connectivity index (χ1) is 14.3. The average molecular weight is 419 g/mol. The lowest BCUT2D eigenvalue weighted by molar-refractivity contribution is -0.138. The normalized spacial score (nSPS) is 12.3. The zero-order valence-electron chi connectivity index (χ0n) is 16.2. The summed E-state index contributed by atoms with van der Waals surface area (Å²) < 4.78 is 44.8. The van der Waals surface area contributed by atoms with Crippen LogP contribution >= 0.6 is 0 Å². The van der Waals surface area contributed by atoms with E-state index in [-0.39, 0.29) is 35.9 Å². The summed E-state index contributed by atoms with van der Waals surface area (Å²) in [7, 11) is 1.18. The fraction of sp³-hybridized carbons (Fsp3) is 0.250. The van der Waals surface area contributed by atoms with Gasteiger partial charge in [-0.05, 0) is 37.3 Å². The van der Waals surface area contributed by atoms with E-state index in [2.05, 4.69) is 25.6 Å². The van der Waals surface area contributed by atoms with Gasteiger partial charge in [-0.2, -0.15) is 18.2 Å². The van der Waals surface area contributed by atoms with Gasteiger partial charge in [-0.15, -0.1) is 0 Å². The van der Waals surface area contributed by atoms with Crippen LogP contribution < -0.4 is 15.4 Å². The highest BCUT2D eigenvalue weighted by Crippen LogP contribution is 2.38. The number of nitrogens with one attached hydrogen (secondary N) is 2. The van der Waals surface area contributed by atoms with Crippen LogP contribution in [0, 0.1) is 0 Å². The molecule has 0 spiro atoms. The van der Waals surface area contributed by atoms with Gasteiger partial charge in [0.2, 0.25) is 5.95 Å². The van der Waals surface area contributed by atoms with Crippen LogP contribution in [-0.2, 0) is 6.18 Å². The molecule has 0 saturated heterocycles. The number of halogens is 3. The van der Waals surface area contributed by atoms with Crippen molar-refractivity contribution < 1.29 is 23.0 Å². The Labute approximate surface area is 171 Å². The largest absolute Gasteiger partial charge is 0.496 e. The van der Waals surface area contributed by atoms with Gasteiger partial charge in [0.1, 0.15) is 11.6 Å². The topological polar surface area (TPSA) is 92.2 Å². The number of alkyl halides is 3. The second kappa shape index (κ2) is 8.95. The van der Waals surface area contributed by atoms with Crippen molar-refractivity contribution in [2.24, 2.45) is 0 Å². The van der Waals surface area contributed by atoms with Gasteiger partial charge in [0.05, 0.1) is 25.0 Å². The number of hydrogen-bond donors (Lipinski definition) is 3. The highest BCUT2D eigenvalue weighted by atomic mass is 19.4. The maximum absolute atomic E-state index is 13.3. The number of aromatic nitrogens is 3. The number of anilines is 3. The predicted octanol–water partition coefficient (Wildman–Crippen LogP) is 4.10. The van der Waals surface area contributed by atoms with Gasteiger partial charge in [-0.25, -0.2) is 4.98 Å². The molecule has 0 saturated carbocycles. The molecule has 158 valence electrons. The van der Waals surface area contributed by atoms with Crippen molar-refractivity contribution >= 4 is 17.5 Å². The summed E-state index contributed by atoms with van der Waals surface area (Å²) in [6, 6.07) is 8.46. The smallest absolute Gasteiger partial charge is 0.420 e. The second-order valence-electron chi connectivity index (χ2n) is 6.46. The van der Waals surface area contributed by atoms with Gasteiger partial charge in [-0.1, -0.05) is 0 Å². The molecule has 0 unspecified atom stereocenters. The molecular weight excluding hydrogens is 399 g/mol. The van der Waals surface area contributed by atoms with E-state index in [0.29, 0.717) is 5.69 Å². The van der Waals surface area contributed by atoms with Crippen molar-refractivity contribution in [2.75, 3.05) is 24.4 Å². The molecule has 0 aliphatic heterocycles. The van der Waals surface area contributed by atoms with Crippen LogP contribution in [0.15, 0.2) is 48.8 Å². The van der Waals surface area contributed by atoms with E-state index in [9.17, 15) is 18.3 Å². The molecule has 0 bridgehead atoms. The minimum atomic E-state index is -4.57. The fourth-order valence-corrected chi connectivity index (χ4v) is 2.67. The Bertz CT molecular complexity index is 999. The molecule has 30 heavy (non-hydrogen) atoms. The van der Waals surface area contributed by atoms with Crippen LogP contribution in [0.2, 0.25) is 0 Å². The van der Waals surface area contributed by atoms with E-state index in [1.54, 1.807) is 37.5 Å². The van der Waals surface area contributed by atoms with Gasteiger partial charge in [-0.3, -0.25) is 4.98 Å². The third-order valence-corrected chi connectivity index (χ3v) is 4.13. The standard InChI is InChI=1S/C20H20F3N5O2/c1-12(11-29)25-19-27-16(13-5-7-24-8-6-13)10-18(28-19)26-14-3-4-17(30-2)15(9-14)20(21,22)23/h3-10,12,29H,11H2,1-2H3,(H2,25,26,27,28)/t12-/m0/s1. The number of hydrogen-bond acceptors (Lipinski definition) is 7. The Morgan fingerprint density at radius 3 is 2.47 bits per heavy atom. The first-order valence-corrected chi connectivity index (χ1v) is 8.99. The Kier molecular flexibility index (Phi) is 6.36. The summed E-state index contributed by atoms with van der Waals surface area (Å²) in [4.78, 5) is 12.7. The summed E-state index contributed by atoms with van der Waals surface area (Å²) in [5, 5.41) is 15.1. The van der Waals surface area contributed by atoms with Gasteiger partial charge in [0.15, 0.2) is 0 Å². The third kappa shape index (κ3) is 5.15. The highest BCUT2D eigenvalue weighted by Gasteiger charge is 2.34. The van der Waals surface area contributed by atoms with Crippen LogP contribution in [0.5, 0.6) is 5.75 Å². The monoisotopic (exact) mass is 419 g/mol. The number of ether oxygens (including phenoxy) is 1. The molecule has 2 aromatic heterocycles. The minimum absolute atomic E-state index is 0.140. The molecule has 7 nitrogen and oxygen atoms in total. The molecule has 3 rings (SSSR count). The van der Waals surface area contributed by atoms with Gasteiger partial charge < -0.3 is 20.5 Å². The van der Waals surface area contributed by atoms with Gasteiger partial charge >= 0.3 is 6.18 Å². The number of rotatable bonds is 7. The van der Waals surface area contributed by atoms with Gasteiger partial charge in [0, 0.05) is 35.8 Å². The maximum Gasteiger partial charge on any atom is 0.420 e. The van der Waals surface area contributed by atoms with Crippen LogP contribution in [0.3, 0.4) is 0 Å². The number of pyridine rings is 1. The Morgan fingerprint density at radius 2 is 1.83 bits per heavy atom. The summed E-state index contributed by atoms with van der Waals surface area (Å²) in [6.07, 6.45) is -1.36.